The minimum absolute atomic E-state index is 0.0220. The minimum Gasteiger partial charge on any atom is -0.508 e. The smallest absolute Gasteiger partial charge is 0.412 e. The van der Waals surface area contributed by atoms with Gasteiger partial charge in [0, 0.05) is 17.9 Å². The number of carbonyl (C=O) groups is 2. The predicted octanol–water partition coefficient (Wildman–Crippen LogP) is 1.94. The molecular formula is C12H11NO5. The molecule has 6 heteroatoms. The highest BCUT2D eigenvalue weighted by Crippen LogP contribution is 2.29. The molecule has 18 heavy (non-hydrogen) atoms. The fourth-order valence-electron chi connectivity index (χ4n) is 1.75. The van der Waals surface area contributed by atoms with Crippen molar-refractivity contribution in [3.63, 3.8) is 0 Å². The summed E-state index contributed by atoms with van der Waals surface area (Å²) in [5, 5.41) is 9.81. The van der Waals surface area contributed by atoms with Crippen LogP contribution in [-0.2, 0) is 11.2 Å². The Bertz CT molecular complexity index is 629. The number of hydrogen-bond acceptors (Lipinski definition) is 5. The molecular weight excluding hydrogens is 238 g/mol. The maximum atomic E-state index is 11.7. The van der Waals surface area contributed by atoms with Crippen LogP contribution in [0.3, 0.4) is 0 Å². The van der Waals surface area contributed by atoms with Crippen LogP contribution in [0.4, 0.5) is 4.79 Å². The number of carbonyl (C=O) groups excluding carboxylic acids is 2. The highest BCUT2D eigenvalue weighted by atomic mass is 16.6. The number of hydrogen-bond donors (Lipinski definition) is 2. The third-order valence-electron chi connectivity index (χ3n) is 2.47. The van der Waals surface area contributed by atoms with Gasteiger partial charge in [-0.3, -0.25) is 0 Å². The number of primary amides is 1. The summed E-state index contributed by atoms with van der Waals surface area (Å²) in [5.41, 5.74) is 5.32. The van der Waals surface area contributed by atoms with E-state index in [0.717, 1.165) is 0 Å². The van der Waals surface area contributed by atoms with E-state index in [9.17, 15) is 14.7 Å². The quantitative estimate of drug-likeness (QED) is 0.625. The summed E-state index contributed by atoms with van der Waals surface area (Å²) >= 11 is 0. The Balaban J connectivity index is 2.60. The second-order valence-electron chi connectivity index (χ2n) is 3.64. The van der Waals surface area contributed by atoms with Crippen molar-refractivity contribution < 1.29 is 23.8 Å². The average Bonchev–Trinajstić information content (AvgIpc) is 2.65. The molecule has 0 spiro atoms. The molecule has 0 saturated carbocycles. The van der Waals surface area contributed by atoms with Crippen molar-refractivity contribution >= 4 is 23.0 Å². The van der Waals surface area contributed by atoms with Gasteiger partial charge >= 0.3 is 12.1 Å². The summed E-state index contributed by atoms with van der Waals surface area (Å²) in [7, 11) is 0. The van der Waals surface area contributed by atoms with Gasteiger partial charge in [0.2, 0.25) is 0 Å². The molecule has 6 nitrogen and oxygen atoms in total. The molecule has 0 fully saturated rings. The highest BCUT2D eigenvalue weighted by Gasteiger charge is 2.22. The van der Waals surface area contributed by atoms with Crippen LogP contribution in [0.5, 0.6) is 5.75 Å². The SMILES string of the molecule is CCc1oc2cc(O)ccc2c1C(=O)OC(N)=O. The molecule has 1 aromatic carbocycles. The van der Waals surface area contributed by atoms with Crippen molar-refractivity contribution in [1.82, 2.24) is 0 Å². The summed E-state index contributed by atoms with van der Waals surface area (Å²) in [4.78, 5) is 22.4. The lowest BCUT2D eigenvalue weighted by Gasteiger charge is -1.99. The molecule has 1 aromatic heterocycles. The lowest BCUT2D eigenvalue weighted by Crippen LogP contribution is -2.19. The van der Waals surface area contributed by atoms with E-state index in [1.54, 1.807) is 6.92 Å². The number of amides is 1. The van der Waals surface area contributed by atoms with Crippen LogP contribution in [0.25, 0.3) is 11.0 Å². The Morgan fingerprint density at radius 2 is 2.17 bits per heavy atom. The molecule has 1 heterocycles. The molecule has 0 saturated heterocycles. The number of rotatable bonds is 2. The summed E-state index contributed by atoms with van der Waals surface area (Å²) in [6.07, 6.45) is -0.728. The monoisotopic (exact) mass is 249 g/mol. The normalized spacial score (nSPS) is 10.5. The fourth-order valence-corrected chi connectivity index (χ4v) is 1.75. The van der Waals surface area contributed by atoms with Gasteiger partial charge in [-0.15, -0.1) is 0 Å². The third kappa shape index (κ3) is 2.00. The van der Waals surface area contributed by atoms with Gasteiger partial charge in [0.1, 0.15) is 22.7 Å². The van der Waals surface area contributed by atoms with Crippen molar-refractivity contribution in [3.05, 3.63) is 29.5 Å². The number of phenolic OH excluding ortho intramolecular Hbond substituents is 1. The Labute approximate surface area is 102 Å². The molecule has 2 aromatic rings. The van der Waals surface area contributed by atoms with Crippen LogP contribution in [0.2, 0.25) is 0 Å². The van der Waals surface area contributed by atoms with E-state index >= 15 is 0 Å². The molecule has 0 radical (unpaired) electrons. The third-order valence-corrected chi connectivity index (χ3v) is 2.47. The number of fused-ring (bicyclic) bond motifs is 1. The minimum atomic E-state index is -1.17. The number of phenols is 1. The summed E-state index contributed by atoms with van der Waals surface area (Å²) in [6.45, 7) is 1.79. The van der Waals surface area contributed by atoms with Crippen LogP contribution in [0.15, 0.2) is 22.6 Å². The summed E-state index contributed by atoms with van der Waals surface area (Å²) in [5.74, 6) is -0.459. The van der Waals surface area contributed by atoms with Crippen LogP contribution in [0.1, 0.15) is 23.0 Å². The van der Waals surface area contributed by atoms with Gasteiger partial charge in [-0.1, -0.05) is 6.92 Å². The first kappa shape index (κ1) is 12.0. The van der Waals surface area contributed by atoms with Gasteiger partial charge in [0.25, 0.3) is 0 Å². The Morgan fingerprint density at radius 1 is 1.44 bits per heavy atom. The molecule has 1 amide bonds. The predicted molar refractivity (Wildman–Crippen MR) is 62.3 cm³/mol. The molecule has 2 rings (SSSR count). The number of benzene rings is 1. The molecule has 3 N–H and O–H groups in total. The van der Waals surface area contributed by atoms with E-state index in [1.165, 1.54) is 18.2 Å². The standard InChI is InChI=1S/C12H11NO5/c1-2-8-10(11(15)18-12(13)16)7-4-3-6(14)5-9(7)17-8/h3-5,14H,2H2,1H3,(H2,13,16). The van der Waals surface area contributed by atoms with Gasteiger partial charge < -0.3 is 20.0 Å². The van der Waals surface area contributed by atoms with Gasteiger partial charge in [-0.25, -0.2) is 9.59 Å². The Morgan fingerprint density at radius 3 is 2.78 bits per heavy atom. The summed E-state index contributed by atoms with van der Waals surface area (Å²) in [6, 6.07) is 4.32. The number of nitrogens with two attached hydrogens (primary N) is 1. The van der Waals surface area contributed by atoms with Crippen LogP contribution < -0.4 is 5.73 Å². The number of furan rings is 1. The second kappa shape index (κ2) is 4.40. The zero-order valence-corrected chi connectivity index (χ0v) is 9.60. The molecule has 0 aliphatic heterocycles. The molecule has 0 aliphatic rings. The largest absolute Gasteiger partial charge is 0.508 e. The van der Waals surface area contributed by atoms with E-state index < -0.39 is 12.1 Å². The average molecular weight is 249 g/mol. The van der Waals surface area contributed by atoms with Gasteiger partial charge in [0.05, 0.1) is 0 Å². The number of esters is 1. The lowest BCUT2D eigenvalue weighted by molar-refractivity contribution is 0.0638. The van der Waals surface area contributed by atoms with Gasteiger partial charge in [-0.05, 0) is 12.1 Å². The van der Waals surface area contributed by atoms with Gasteiger partial charge in [-0.2, -0.15) is 0 Å². The van der Waals surface area contributed by atoms with Gasteiger partial charge in [0.15, 0.2) is 0 Å². The first-order valence-electron chi connectivity index (χ1n) is 5.29. The zero-order chi connectivity index (χ0) is 13.3. The maximum absolute atomic E-state index is 11.7. The van der Waals surface area contributed by atoms with Crippen molar-refractivity contribution in [3.8, 4) is 5.75 Å². The lowest BCUT2D eigenvalue weighted by atomic mass is 10.1. The first-order valence-corrected chi connectivity index (χ1v) is 5.29. The topological polar surface area (TPSA) is 103 Å². The highest BCUT2D eigenvalue weighted by molar-refractivity contribution is 6.07. The van der Waals surface area contributed by atoms with Crippen LogP contribution in [0, 0.1) is 0 Å². The van der Waals surface area contributed by atoms with Crippen molar-refractivity contribution in [1.29, 1.82) is 0 Å². The van der Waals surface area contributed by atoms with E-state index in [4.69, 9.17) is 10.2 Å². The Hall–Kier alpha value is -2.50. The van der Waals surface area contributed by atoms with Crippen molar-refractivity contribution in [2.75, 3.05) is 0 Å². The summed E-state index contributed by atoms with van der Waals surface area (Å²) < 4.78 is 9.77. The fraction of sp³-hybridized carbons (Fsp3) is 0.167. The zero-order valence-electron chi connectivity index (χ0n) is 9.60. The van der Waals surface area contributed by atoms with E-state index in [1.807, 2.05) is 0 Å². The molecule has 0 atom stereocenters. The van der Waals surface area contributed by atoms with Crippen molar-refractivity contribution in [2.45, 2.75) is 13.3 Å². The number of aryl methyl sites for hydroxylation is 1. The molecule has 0 aliphatic carbocycles. The Kier molecular flexibility index (Phi) is 2.93. The molecule has 0 bridgehead atoms. The van der Waals surface area contributed by atoms with Crippen LogP contribution in [-0.4, -0.2) is 17.2 Å². The molecule has 94 valence electrons. The van der Waals surface area contributed by atoms with E-state index in [-0.39, 0.29) is 11.3 Å². The second-order valence-corrected chi connectivity index (χ2v) is 3.64. The van der Waals surface area contributed by atoms with E-state index in [2.05, 4.69) is 4.74 Å². The van der Waals surface area contributed by atoms with Crippen LogP contribution >= 0.6 is 0 Å². The number of aromatic hydroxyl groups is 1. The first-order chi connectivity index (χ1) is 8.52. The number of ether oxygens (including phenoxy) is 1. The molecule has 0 unspecified atom stereocenters. The van der Waals surface area contributed by atoms with E-state index in [0.29, 0.717) is 23.2 Å². The van der Waals surface area contributed by atoms with Crippen molar-refractivity contribution in [2.24, 2.45) is 5.73 Å². The maximum Gasteiger partial charge on any atom is 0.412 e.